The fraction of sp³-hybridized carbons (Fsp3) is 0.381. The highest BCUT2D eigenvalue weighted by molar-refractivity contribution is 7.89. The summed E-state index contributed by atoms with van der Waals surface area (Å²) in [5, 5.41) is 2.94. The van der Waals surface area contributed by atoms with E-state index in [-0.39, 0.29) is 10.8 Å². The first kappa shape index (κ1) is 18.2. The van der Waals surface area contributed by atoms with Crippen molar-refractivity contribution in [3.05, 3.63) is 65.7 Å². The fourth-order valence-electron chi connectivity index (χ4n) is 3.70. The molecule has 2 aromatic carbocycles. The maximum atomic E-state index is 12.9. The number of hydrogen-bond donors (Lipinski definition) is 1. The van der Waals surface area contributed by atoms with Gasteiger partial charge in [0.25, 0.3) is 0 Å². The predicted octanol–water partition coefficient (Wildman–Crippen LogP) is 3.03. The van der Waals surface area contributed by atoms with E-state index in [2.05, 4.69) is 17.4 Å². The van der Waals surface area contributed by atoms with Gasteiger partial charge in [-0.05, 0) is 54.9 Å². The lowest BCUT2D eigenvalue weighted by molar-refractivity contribution is -0.124. The molecule has 1 N–H and O–H groups in total. The molecule has 1 aliphatic heterocycles. The Kier molecular flexibility index (Phi) is 5.02. The third kappa shape index (κ3) is 3.92. The number of carbonyl (C=O) groups is 1. The molecule has 1 saturated heterocycles. The van der Waals surface area contributed by atoms with Crippen LogP contribution in [0.5, 0.6) is 0 Å². The molecule has 0 unspecified atom stereocenters. The lowest BCUT2D eigenvalue weighted by Gasteiger charge is -2.23. The lowest BCUT2D eigenvalue weighted by atomic mass is 10.1. The summed E-state index contributed by atoms with van der Waals surface area (Å²) >= 11 is 0. The molecule has 1 amide bonds. The molecule has 0 aromatic heterocycles. The van der Waals surface area contributed by atoms with Gasteiger partial charge in [0.1, 0.15) is 6.04 Å². The van der Waals surface area contributed by atoms with Gasteiger partial charge in [-0.15, -0.1) is 0 Å². The Balaban J connectivity index is 1.44. The van der Waals surface area contributed by atoms with E-state index in [0.29, 0.717) is 31.8 Å². The van der Waals surface area contributed by atoms with Crippen molar-refractivity contribution in [2.45, 2.75) is 49.1 Å². The van der Waals surface area contributed by atoms with Crippen molar-refractivity contribution in [2.75, 3.05) is 6.54 Å². The first-order valence-corrected chi connectivity index (χ1v) is 10.9. The first-order valence-electron chi connectivity index (χ1n) is 9.49. The van der Waals surface area contributed by atoms with Gasteiger partial charge in [0.2, 0.25) is 15.9 Å². The molecule has 5 nitrogen and oxygen atoms in total. The van der Waals surface area contributed by atoms with Crippen molar-refractivity contribution in [1.29, 1.82) is 0 Å². The number of sulfonamides is 1. The summed E-state index contributed by atoms with van der Waals surface area (Å²) in [5.74, 6) is 0.450. The Bertz CT molecular complexity index is 923. The minimum atomic E-state index is -3.65. The van der Waals surface area contributed by atoms with Crippen molar-refractivity contribution in [2.24, 2.45) is 0 Å². The van der Waals surface area contributed by atoms with Gasteiger partial charge >= 0.3 is 0 Å². The second-order valence-electron chi connectivity index (χ2n) is 7.32. The molecule has 2 fully saturated rings. The quantitative estimate of drug-likeness (QED) is 0.832. The lowest BCUT2D eigenvalue weighted by Crippen LogP contribution is -2.45. The molecule has 1 saturated carbocycles. The van der Waals surface area contributed by atoms with Gasteiger partial charge < -0.3 is 5.32 Å². The van der Waals surface area contributed by atoms with Crippen LogP contribution in [0, 0.1) is 0 Å². The summed E-state index contributed by atoms with van der Waals surface area (Å²) in [6.45, 7) is 0.807. The number of nitrogens with zero attached hydrogens (tertiary/aromatic N) is 1. The van der Waals surface area contributed by atoms with Crippen LogP contribution in [-0.2, 0) is 21.4 Å². The summed E-state index contributed by atoms with van der Waals surface area (Å²) in [5.41, 5.74) is 2.39. The topological polar surface area (TPSA) is 66.5 Å². The van der Waals surface area contributed by atoms with Crippen molar-refractivity contribution in [3.63, 3.8) is 0 Å². The molecule has 1 heterocycles. The zero-order valence-corrected chi connectivity index (χ0v) is 16.0. The van der Waals surface area contributed by atoms with E-state index < -0.39 is 16.1 Å². The zero-order chi connectivity index (χ0) is 18.9. The van der Waals surface area contributed by atoms with Crippen LogP contribution in [-0.4, -0.2) is 31.2 Å². The summed E-state index contributed by atoms with van der Waals surface area (Å²) in [6, 6.07) is 16.0. The Morgan fingerprint density at radius 3 is 2.56 bits per heavy atom. The van der Waals surface area contributed by atoms with E-state index in [4.69, 9.17) is 0 Å². The molecule has 0 spiro atoms. The molecular formula is C21H24N2O3S. The average molecular weight is 385 g/mol. The molecule has 6 heteroatoms. The highest BCUT2D eigenvalue weighted by atomic mass is 32.2. The Morgan fingerprint density at radius 1 is 1.04 bits per heavy atom. The fourth-order valence-corrected chi connectivity index (χ4v) is 5.38. The minimum absolute atomic E-state index is 0.219. The SMILES string of the molecule is O=C(NCc1cccc(C2CC2)c1)[C@@H]1CCCN1S(=O)(=O)c1ccccc1. The second-order valence-corrected chi connectivity index (χ2v) is 9.21. The normalized spacial score (nSPS) is 20.5. The third-order valence-electron chi connectivity index (χ3n) is 5.32. The Hall–Kier alpha value is -2.18. The van der Waals surface area contributed by atoms with E-state index in [1.807, 2.05) is 12.1 Å². The smallest absolute Gasteiger partial charge is 0.243 e. The summed E-state index contributed by atoms with van der Waals surface area (Å²) in [7, 11) is -3.65. The summed E-state index contributed by atoms with van der Waals surface area (Å²) in [4.78, 5) is 13.0. The molecule has 1 aliphatic carbocycles. The highest BCUT2D eigenvalue weighted by Gasteiger charge is 2.39. The van der Waals surface area contributed by atoms with Gasteiger partial charge in [0.15, 0.2) is 0 Å². The average Bonchev–Trinajstić information content (AvgIpc) is 3.43. The van der Waals surface area contributed by atoms with Crippen LogP contribution in [0.15, 0.2) is 59.5 Å². The summed E-state index contributed by atoms with van der Waals surface area (Å²) in [6.07, 6.45) is 3.73. The molecule has 0 bridgehead atoms. The van der Waals surface area contributed by atoms with Gasteiger partial charge in [-0.3, -0.25) is 4.79 Å². The van der Waals surface area contributed by atoms with E-state index in [1.54, 1.807) is 30.3 Å². The van der Waals surface area contributed by atoms with Crippen molar-refractivity contribution < 1.29 is 13.2 Å². The van der Waals surface area contributed by atoms with E-state index in [1.165, 1.54) is 22.7 Å². The maximum Gasteiger partial charge on any atom is 0.243 e. The number of hydrogen-bond acceptors (Lipinski definition) is 3. The number of benzene rings is 2. The van der Waals surface area contributed by atoms with Crippen LogP contribution in [0.25, 0.3) is 0 Å². The van der Waals surface area contributed by atoms with Crippen molar-refractivity contribution in [1.82, 2.24) is 9.62 Å². The third-order valence-corrected chi connectivity index (χ3v) is 7.25. The van der Waals surface area contributed by atoms with E-state index in [9.17, 15) is 13.2 Å². The molecule has 27 heavy (non-hydrogen) atoms. The van der Waals surface area contributed by atoms with Crippen LogP contribution in [0.3, 0.4) is 0 Å². The molecule has 2 aromatic rings. The molecule has 1 atom stereocenters. The summed E-state index contributed by atoms with van der Waals surface area (Å²) < 4.78 is 27.1. The van der Waals surface area contributed by atoms with Crippen LogP contribution in [0.1, 0.15) is 42.7 Å². The standard InChI is InChI=1S/C21H24N2O3S/c24-21(22-15-16-6-4-7-18(14-16)17-11-12-17)20-10-5-13-23(20)27(25,26)19-8-2-1-3-9-19/h1-4,6-9,14,17,20H,5,10-13,15H2,(H,22,24)/t20-/m0/s1. The molecule has 0 radical (unpaired) electrons. The second kappa shape index (κ2) is 7.44. The van der Waals surface area contributed by atoms with Gasteiger partial charge in [-0.2, -0.15) is 4.31 Å². The van der Waals surface area contributed by atoms with Crippen LogP contribution in [0.2, 0.25) is 0 Å². The number of carbonyl (C=O) groups excluding carboxylic acids is 1. The van der Waals surface area contributed by atoms with Crippen LogP contribution < -0.4 is 5.32 Å². The molecular weight excluding hydrogens is 360 g/mol. The van der Waals surface area contributed by atoms with Crippen LogP contribution in [0.4, 0.5) is 0 Å². The van der Waals surface area contributed by atoms with Crippen LogP contribution >= 0.6 is 0 Å². The van der Waals surface area contributed by atoms with Gasteiger partial charge in [-0.1, -0.05) is 42.5 Å². The van der Waals surface area contributed by atoms with Gasteiger partial charge in [0, 0.05) is 13.1 Å². The van der Waals surface area contributed by atoms with E-state index >= 15 is 0 Å². The molecule has 142 valence electrons. The number of amides is 1. The molecule has 2 aliphatic rings. The number of rotatable bonds is 6. The van der Waals surface area contributed by atoms with Crippen molar-refractivity contribution >= 4 is 15.9 Å². The van der Waals surface area contributed by atoms with Gasteiger partial charge in [-0.25, -0.2) is 8.42 Å². The largest absolute Gasteiger partial charge is 0.351 e. The first-order chi connectivity index (χ1) is 13.1. The highest BCUT2D eigenvalue weighted by Crippen LogP contribution is 2.40. The zero-order valence-electron chi connectivity index (χ0n) is 15.2. The Labute approximate surface area is 160 Å². The molecule has 4 rings (SSSR count). The number of nitrogens with one attached hydrogen (secondary N) is 1. The predicted molar refractivity (Wildman–Crippen MR) is 104 cm³/mol. The van der Waals surface area contributed by atoms with Gasteiger partial charge in [0.05, 0.1) is 4.90 Å². The maximum absolute atomic E-state index is 12.9. The minimum Gasteiger partial charge on any atom is -0.351 e. The monoisotopic (exact) mass is 384 g/mol. The Morgan fingerprint density at radius 2 is 1.81 bits per heavy atom. The van der Waals surface area contributed by atoms with Crippen molar-refractivity contribution in [3.8, 4) is 0 Å². The van der Waals surface area contributed by atoms with E-state index in [0.717, 1.165) is 5.56 Å².